The van der Waals surface area contributed by atoms with Crippen molar-refractivity contribution < 1.29 is 8.85 Å². The number of anilines is 2. The van der Waals surface area contributed by atoms with Crippen LogP contribution in [0.25, 0.3) is 0 Å². The van der Waals surface area contributed by atoms with Crippen molar-refractivity contribution in [2.75, 3.05) is 5.32 Å². The Morgan fingerprint density at radius 2 is 0.871 bits per heavy atom. The Kier molecular flexibility index (Phi) is 8.02. The lowest BCUT2D eigenvalue weighted by atomic mass is 10.2. The van der Waals surface area contributed by atoms with E-state index in [4.69, 9.17) is 8.85 Å². The first-order chi connectivity index (χ1) is 14.1. The molecule has 5 heteroatoms. The van der Waals surface area contributed by atoms with Gasteiger partial charge in [-0.2, -0.15) is 0 Å². The van der Waals surface area contributed by atoms with Crippen molar-refractivity contribution in [2.24, 2.45) is 0 Å². The largest absolute Gasteiger partial charge is 0.413 e. The van der Waals surface area contributed by atoms with Gasteiger partial charge in [-0.1, -0.05) is 65.8 Å². The van der Waals surface area contributed by atoms with Gasteiger partial charge in [0.05, 0.1) is 13.2 Å². The number of rotatable bonds is 8. The summed E-state index contributed by atoms with van der Waals surface area (Å²) in [6.07, 6.45) is 0. The molecule has 0 aliphatic carbocycles. The minimum absolute atomic E-state index is 0.233. The molecule has 0 aliphatic heterocycles. The molecule has 0 atom stereocenters. The molecule has 0 bridgehead atoms. The molecular formula is C26H43NO2Si2. The quantitative estimate of drug-likeness (QED) is 0.403. The van der Waals surface area contributed by atoms with Crippen molar-refractivity contribution >= 4 is 28.0 Å². The molecule has 3 nitrogen and oxygen atoms in total. The topological polar surface area (TPSA) is 30.5 Å². The summed E-state index contributed by atoms with van der Waals surface area (Å²) >= 11 is 0. The molecule has 0 amide bonds. The predicted octanol–water partition coefficient (Wildman–Crippen LogP) is 8.47. The minimum atomic E-state index is -1.72. The Labute approximate surface area is 192 Å². The van der Waals surface area contributed by atoms with Crippen LogP contribution in [0.2, 0.25) is 36.3 Å². The van der Waals surface area contributed by atoms with Crippen LogP contribution in [0.1, 0.15) is 52.7 Å². The molecule has 0 heterocycles. The van der Waals surface area contributed by atoms with Crippen molar-refractivity contribution in [1.82, 2.24) is 0 Å². The van der Waals surface area contributed by atoms with E-state index in [1.54, 1.807) is 0 Å². The summed E-state index contributed by atoms with van der Waals surface area (Å²) < 4.78 is 12.7. The van der Waals surface area contributed by atoms with Crippen molar-refractivity contribution in [1.29, 1.82) is 0 Å². The van der Waals surface area contributed by atoms with E-state index in [9.17, 15) is 0 Å². The summed E-state index contributed by atoms with van der Waals surface area (Å²) in [6.45, 7) is 24.2. The van der Waals surface area contributed by atoms with Crippen LogP contribution in [0.4, 0.5) is 11.4 Å². The summed E-state index contributed by atoms with van der Waals surface area (Å²) in [6, 6.07) is 17.1. The molecule has 31 heavy (non-hydrogen) atoms. The minimum Gasteiger partial charge on any atom is -0.413 e. The van der Waals surface area contributed by atoms with Gasteiger partial charge in [0.2, 0.25) is 0 Å². The Morgan fingerprint density at radius 1 is 0.581 bits per heavy atom. The highest BCUT2D eigenvalue weighted by molar-refractivity contribution is 6.74. The number of nitrogens with one attached hydrogen (secondary N) is 1. The van der Waals surface area contributed by atoms with Crippen molar-refractivity contribution in [2.45, 2.75) is 91.0 Å². The second kappa shape index (κ2) is 9.61. The maximum Gasteiger partial charge on any atom is 0.192 e. The monoisotopic (exact) mass is 457 g/mol. The zero-order valence-electron chi connectivity index (χ0n) is 21.3. The lowest BCUT2D eigenvalue weighted by molar-refractivity contribution is 0.276. The molecule has 0 saturated carbocycles. The molecular weight excluding hydrogens is 414 g/mol. The molecule has 172 valence electrons. The van der Waals surface area contributed by atoms with E-state index in [1.807, 2.05) is 0 Å². The zero-order chi connectivity index (χ0) is 23.5. The van der Waals surface area contributed by atoms with Crippen LogP contribution in [0, 0.1) is 0 Å². The molecule has 0 unspecified atom stereocenters. The van der Waals surface area contributed by atoms with Gasteiger partial charge in [-0.05, 0) is 71.7 Å². The predicted molar refractivity (Wildman–Crippen MR) is 140 cm³/mol. The van der Waals surface area contributed by atoms with Crippen LogP contribution < -0.4 is 5.32 Å². The Balaban J connectivity index is 1.91. The lowest BCUT2D eigenvalue weighted by Gasteiger charge is -2.36. The standard InChI is InChI=1S/C26H43NO2Si2/c1-25(2,3)30(7,8)28-19-21-11-15-23(16-12-21)27-24-17-13-22(14-18-24)20-29-31(9,10)26(4,5)6/h11-18,27H,19-20H2,1-10H3. The lowest BCUT2D eigenvalue weighted by Crippen LogP contribution is -2.40. The normalized spacial score (nSPS) is 13.4. The van der Waals surface area contributed by atoms with Crippen molar-refractivity contribution in [3.8, 4) is 0 Å². The summed E-state index contributed by atoms with van der Waals surface area (Å²) in [5.74, 6) is 0. The van der Waals surface area contributed by atoms with Gasteiger partial charge in [-0.15, -0.1) is 0 Å². The van der Waals surface area contributed by atoms with Gasteiger partial charge >= 0.3 is 0 Å². The fourth-order valence-electron chi connectivity index (χ4n) is 2.50. The molecule has 2 aromatic carbocycles. The van der Waals surface area contributed by atoms with E-state index in [-0.39, 0.29) is 10.1 Å². The number of benzene rings is 2. The van der Waals surface area contributed by atoms with Gasteiger partial charge < -0.3 is 14.2 Å². The van der Waals surface area contributed by atoms with Gasteiger partial charge in [0.15, 0.2) is 16.6 Å². The van der Waals surface area contributed by atoms with Crippen LogP contribution in [0.5, 0.6) is 0 Å². The summed E-state index contributed by atoms with van der Waals surface area (Å²) in [4.78, 5) is 0. The Bertz CT molecular complexity index is 758. The fourth-order valence-corrected chi connectivity index (χ4v) is 4.42. The van der Waals surface area contributed by atoms with E-state index in [0.29, 0.717) is 13.2 Å². The maximum absolute atomic E-state index is 6.33. The van der Waals surface area contributed by atoms with Gasteiger partial charge in [-0.25, -0.2) is 0 Å². The van der Waals surface area contributed by atoms with Crippen LogP contribution in [0.3, 0.4) is 0 Å². The van der Waals surface area contributed by atoms with Gasteiger partial charge in [0.25, 0.3) is 0 Å². The van der Waals surface area contributed by atoms with E-state index in [2.05, 4.69) is 122 Å². The highest BCUT2D eigenvalue weighted by atomic mass is 28.4. The fraction of sp³-hybridized carbons (Fsp3) is 0.538. The first-order valence-corrected chi connectivity index (χ1v) is 17.2. The third-order valence-corrected chi connectivity index (χ3v) is 16.0. The molecule has 2 rings (SSSR count). The molecule has 0 radical (unpaired) electrons. The zero-order valence-corrected chi connectivity index (χ0v) is 23.3. The summed E-state index contributed by atoms with van der Waals surface area (Å²) in [5, 5.41) is 3.95. The Hall–Kier alpha value is -1.41. The molecule has 0 aliphatic rings. The van der Waals surface area contributed by atoms with E-state index >= 15 is 0 Å². The van der Waals surface area contributed by atoms with E-state index in [1.165, 1.54) is 11.1 Å². The average Bonchev–Trinajstić information content (AvgIpc) is 2.65. The number of hydrogen-bond donors (Lipinski definition) is 1. The molecule has 0 fully saturated rings. The smallest absolute Gasteiger partial charge is 0.192 e. The molecule has 0 aromatic heterocycles. The summed E-state index contributed by atoms with van der Waals surface area (Å²) in [5.41, 5.74) is 4.60. The van der Waals surface area contributed by atoms with Gasteiger partial charge in [0.1, 0.15) is 0 Å². The maximum atomic E-state index is 6.33. The van der Waals surface area contributed by atoms with Crippen LogP contribution in [0.15, 0.2) is 48.5 Å². The Morgan fingerprint density at radius 3 is 1.13 bits per heavy atom. The van der Waals surface area contributed by atoms with Gasteiger partial charge in [-0.3, -0.25) is 0 Å². The van der Waals surface area contributed by atoms with Gasteiger partial charge in [0, 0.05) is 11.4 Å². The van der Waals surface area contributed by atoms with Crippen LogP contribution >= 0.6 is 0 Å². The first kappa shape index (κ1) is 25.9. The van der Waals surface area contributed by atoms with Crippen LogP contribution in [-0.2, 0) is 22.1 Å². The third kappa shape index (κ3) is 7.31. The summed E-state index contributed by atoms with van der Waals surface area (Å²) in [7, 11) is -3.44. The third-order valence-electron chi connectivity index (χ3n) is 7.01. The first-order valence-electron chi connectivity index (χ1n) is 11.3. The van der Waals surface area contributed by atoms with Crippen LogP contribution in [-0.4, -0.2) is 16.6 Å². The van der Waals surface area contributed by atoms with E-state index < -0.39 is 16.6 Å². The second-order valence-electron chi connectivity index (χ2n) is 11.6. The molecule has 0 saturated heterocycles. The second-order valence-corrected chi connectivity index (χ2v) is 21.2. The highest BCUT2D eigenvalue weighted by Crippen LogP contribution is 2.38. The number of hydrogen-bond acceptors (Lipinski definition) is 3. The highest BCUT2D eigenvalue weighted by Gasteiger charge is 2.37. The molecule has 1 N–H and O–H groups in total. The van der Waals surface area contributed by atoms with E-state index in [0.717, 1.165) is 11.4 Å². The average molecular weight is 458 g/mol. The SMILES string of the molecule is CC(C)(C)[Si](C)(C)OCc1ccc(Nc2ccc(CO[Si](C)(C)C(C)(C)C)cc2)cc1. The molecule has 0 spiro atoms. The van der Waals surface area contributed by atoms with Crippen molar-refractivity contribution in [3.05, 3.63) is 59.7 Å². The molecule has 2 aromatic rings. The van der Waals surface area contributed by atoms with Crippen molar-refractivity contribution in [3.63, 3.8) is 0 Å².